The number of terminal acetylenes is 1. The van der Waals surface area contributed by atoms with Crippen molar-refractivity contribution in [2.45, 2.75) is 50.7 Å². The highest BCUT2D eigenvalue weighted by Crippen LogP contribution is 2.45. The predicted octanol–water partition coefficient (Wildman–Crippen LogP) is 5.72. The number of halogens is 2. The molecule has 0 saturated carbocycles. The molecule has 2 fully saturated rings. The van der Waals surface area contributed by atoms with Gasteiger partial charge in [0.15, 0.2) is 11.6 Å². The molecule has 2 N–H and O–H groups in total. The lowest BCUT2D eigenvalue weighted by Crippen LogP contribution is -2.47. The zero-order valence-electron chi connectivity index (χ0n) is 24.3. The molecule has 0 amide bonds. The van der Waals surface area contributed by atoms with Gasteiger partial charge in [-0.15, -0.1) is 6.42 Å². The van der Waals surface area contributed by atoms with Gasteiger partial charge < -0.3 is 19.8 Å². The predicted molar refractivity (Wildman–Crippen MR) is 160 cm³/mol. The van der Waals surface area contributed by atoms with Crippen LogP contribution in [-0.2, 0) is 5.54 Å². The Bertz CT molecular complexity index is 1780. The number of hydrogen-bond donors (Lipinski definition) is 2. The van der Waals surface area contributed by atoms with E-state index >= 15 is 4.39 Å². The van der Waals surface area contributed by atoms with Gasteiger partial charge in [-0.25, -0.2) is 18.7 Å². The maximum Gasteiger partial charge on any atom is 0.157 e. The Balaban J connectivity index is 1.71. The Hall–Kier alpha value is -4.00. The smallest absolute Gasteiger partial charge is 0.157 e. The minimum absolute atomic E-state index is 0.0272. The SMILES string of the molecule is C#Cc1c(F)ccc2cc(O)cc(-c3cc(OC)c4c(N5CCCC(C)(O)C5)nc(C5(C)CCCN5C)nc4c3F)c12. The summed E-state index contributed by atoms with van der Waals surface area (Å²) in [4.78, 5) is 14.1. The van der Waals surface area contributed by atoms with Crippen molar-refractivity contribution in [3.05, 3.63) is 53.4 Å². The Morgan fingerprint density at radius 1 is 1.02 bits per heavy atom. The summed E-state index contributed by atoms with van der Waals surface area (Å²) in [6.45, 7) is 5.65. The number of methoxy groups -OCH3 is 1. The first kappa shape index (κ1) is 28.1. The van der Waals surface area contributed by atoms with E-state index in [1.54, 1.807) is 6.92 Å². The molecular weight excluding hydrogens is 538 g/mol. The van der Waals surface area contributed by atoms with E-state index in [0.29, 0.717) is 53.1 Å². The quantitative estimate of drug-likeness (QED) is 0.303. The molecule has 4 aromatic rings. The zero-order valence-corrected chi connectivity index (χ0v) is 24.3. The van der Waals surface area contributed by atoms with Crippen molar-refractivity contribution < 1.29 is 23.7 Å². The second-order valence-corrected chi connectivity index (χ2v) is 12.0. The van der Waals surface area contributed by atoms with Crippen molar-refractivity contribution >= 4 is 27.5 Å². The van der Waals surface area contributed by atoms with E-state index in [0.717, 1.165) is 25.8 Å². The van der Waals surface area contributed by atoms with Gasteiger partial charge in [0, 0.05) is 24.0 Å². The number of hydrogen-bond acceptors (Lipinski definition) is 7. The molecule has 2 atom stereocenters. The van der Waals surface area contributed by atoms with Crippen LogP contribution < -0.4 is 9.64 Å². The molecule has 2 saturated heterocycles. The topological polar surface area (TPSA) is 82.0 Å². The summed E-state index contributed by atoms with van der Waals surface area (Å²) in [5.74, 6) is 2.28. The fraction of sp³-hybridized carbons (Fsp3) is 0.394. The van der Waals surface area contributed by atoms with E-state index in [1.807, 2.05) is 11.9 Å². The number of likely N-dealkylation sites (tertiary alicyclic amines) is 1. The lowest BCUT2D eigenvalue weighted by molar-refractivity contribution is 0.0447. The first-order chi connectivity index (χ1) is 20.0. The number of phenolic OH excluding ortho intramolecular Hbond substituents is 1. The molecule has 2 aliphatic rings. The molecule has 9 heteroatoms. The normalized spacial score (nSPS) is 23.0. The largest absolute Gasteiger partial charge is 0.508 e. The fourth-order valence-electron chi connectivity index (χ4n) is 6.62. The van der Waals surface area contributed by atoms with Crippen LogP contribution in [-0.4, -0.2) is 64.5 Å². The second-order valence-electron chi connectivity index (χ2n) is 12.0. The van der Waals surface area contributed by atoms with Gasteiger partial charge in [0.25, 0.3) is 0 Å². The number of ether oxygens (including phenoxy) is 1. The molecule has 1 aromatic heterocycles. The van der Waals surface area contributed by atoms with E-state index in [2.05, 4.69) is 17.7 Å². The Morgan fingerprint density at radius 2 is 1.79 bits per heavy atom. The highest BCUT2D eigenvalue weighted by Gasteiger charge is 2.40. The minimum Gasteiger partial charge on any atom is -0.508 e. The third-order valence-corrected chi connectivity index (χ3v) is 9.02. The Morgan fingerprint density at radius 3 is 2.45 bits per heavy atom. The third kappa shape index (κ3) is 4.41. The standard InChI is InChI=1S/C33H34F2N4O3/c1-6-21-24(34)10-9-19-15-20(40)16-22(26(19)21)23-17-25(42-5)27-29(28(23)35)36-31(33(3)12-8-13-38(33)4)37-30(27)39-14-7-11-32(2,41)18-39/h1,9-10,15-17,40-41H,7-8,11-14,18H2,2-5H3. The monoisotopic (exact) mass is 572 g/mol. The van der Waals surface area contributed by atoms with Gasteiger partial charge in [0.1, 0.15) is 28.7 Å². The Kier molecular flexibility index (Phi) is 6.75. The number of aromatic nitrogens is 2. The van der Waals surface area contributed by atoms with Crippen LogP contribution in [0.3, 0.4) is 0 Å². The number of fused-ring (bicyclic) bond motifs is 2. The molecule has 6 rings (SSSR count). The summed E-state index contributed by atoms with van der Waals surface area (Å²) in [7, 11) is 3.49. The van der Waals surface area contributed by atoms with Crippen LogP contribution in [0.15, 0.2) is 30.3 Å². The molecule has 2 unspecified atom stereocenters. The first-order valence-corrected chi connectivity index (χ1v) is 14.2. The van der Waals surface area contributed by atoms with Crippen LogP contribution >= 0.6 is 0 Å². The lowest BCUT2D eigenvalue weighted by Gasteiger charge is -2.39. The van der Waals surface area contributed by atoms with Gasteiger partial charge in [0.05, 0.1) is 29.2 Å². The summed E-state index contributed by atoms with van der Waals surface area (Å²) in [6.07, 6.45) is 8.84. The number of piperidine rings is 1. The third-order valence-electron chi connectivity index (χ3n) is 9.02. The highest BCUT2D eigenvalue weighted by atomic mass is 19.1. The molecule has 42 heavy (non-hydrogen) atoms. The highest BCUT2D eigenvalue weighted by molar-refractivity contribution is 6.05. The zero-order chi connectivity index (χ0) is 30.0. The van der Waals surface area contributed by atoms with Crippen molar-refractivity contribution in [1.29, 1.82) is 0 Å². The van der Waals surface area contributed by atoms with E-state index in [4.69, 9.17) is 21.1 Å². The maximum absolute atomic E-state index is 17.0. The number of nitrogens with zero attached hydrogens (tertiary/aromatic N) is 4. The summed E-state index contributed by atoms with van der Waals surface area (Å²) in [5.41, 5.74) is -1.16. The molecule has 0 bridgehead atoms. The lowest BCUT2D eigenvalue weighted by atomic mass is 9.92. The average Bonchev–Trinajstić information content (AvgIpc) is 3.30. The first-order valence-electron chi connectivity index (χ1n) is 14.2. The average molecular weight is 573 g/mol. The molecular formula is C33H34F2N4O3. The van der Waals surface area contributed by atoms with Crippen molar-refractivity contribution in [1.82, 2.24) is 14.9 Å². The van der Waals surface area contributed by atoms with Crippen LogP contribution in [0.25, 0.3) is 32.8 Å². The van der Waals surface area contributed by atoms with E-state index in [9.17, 15) is 14.6 Å². The molecule has 0 spiro atoms. The molecule has 3 aromatic carbocycles. The Labute approximate surface area is 243 Å². The van der Waals surface area contributed by atoms with Crippen LogP contribution in [0.1, 0.15) is 50.9 Å². The molecule has 0 aliphatic carbocycles. The van der Waals surface area contributed by atoms with Gasteiger partial charge in [-0.05, 0) is 88.3 Å². The van der Waals surface area contributed by atoms with Gasteiger partial charge in [-0.2, -0.15) is 0 Å². The van der Waals surface area contributed by atoms with Crippen molar-refractivity contribution in [3.63, 3.8) is 0 Å². The molecule has 3 heterocycles. The number of rotatable bonds is 4. The summed E-state index contributed by atoms with van der Waals surface area (Å²) in [5, 5.41) is 22.7. The number of anilines is 1. The van der Waals surface area contributed by atoms with E-state index in [1.165, 1.54) is 37.4 Å². The van der Waals surface area contributed by atoms with Crippen LogP contribution in [0.4, 0.5) is 14.6 Å². The van der Waals surface area contributed by atoms with E-state index < -0.39 is 22.8 Å². The fourth-order valence-corrected chi connectivity index (χ4v) is 6.62. The van der Waals surface area contributed by atoms with Crippen LogP contribution in [0, 0.1) is 24.0 Å². The summed E-state index contributed by atoms with van der Waals surface area (Å²) < 4.78 is 37.7. The number of benzene rings is 3. The summed E-state index contributed by atoms with van der Waals surface area (Å²) in [6, 6.07) is 7.10. The van der Waals surface area contributed by atoms with Gasteiger partial charge in [-0.1, -0.05) is 12.0 Å². The van der Waals surface area contributed by atoms with Crippen LogP contribution in [0.5, 0.6) is 11.5 Å². The minimum atomic E-state index is -0.939. The van der Waals surface area contributed by atoms with Gasteiger partial charge in [0.2, 0.25) is 0 Å². The summed E-state index contributed by atoms with van der Waals surface area (Å²) >= 11 is 0. The van der Waals surface area contributed by atoms with Gasteiger partial charge >= 0.3 is 0 Å². The van der Waals surface area contributed by atoms with Crippen molar-refractivity contribution in [3.8, 4) is 35.0 Å². The number of aromatic hydroxyl groups is 1. The molecule has 2 aliphatic heterocycles. The van der Waals surface area contributed by atoms with Crippen molar-refractivity contribution in [2.75, 3.05) is 38.7 Å². The molecule has 7 nitrogen and oxygen atoms in total. The molecule has 218 valence electrons. The van der Waals surface area contributed by atoms with Gasteiger partial charge in [-0.3, -0.25) is 4.90 Å². The molecule has 0 radical (unpaired) electrons. The number of phenols is 1. The number of aliphatic hydroxyl groups is 1. The number of β-amino-alcohol motifs (C(OH)–C–C–N with tert-alkyl or cyclic N) is 1. The van der Waals surface area contributed by atoms with Crippen molar-refractivity contribution in [2.24, 2.45) is 0 Å². The van der Waals surface area contributed by atoms with E-state index in [-0.39, 0.29) is 28.0 Å². The van der Waals surface area contributed by atoms with Crippen LogP contribution in [0.2, 0.25) is 0 Å². The maximum atomic E-state index is 17.0. The second kappa shape index (κ2) is 10.1.